The van der Waals surface area contributed by atoms with E-state index < -0.39 is 17.5 Å². The molecule has 0 aliphatic rings. The van der Waals surface area contributed by atoms with Gasteiger partial charge in [0.25, 0.3) is 0 Å². The smallest absolute Gasteiger partial charge is 0.167 e. The molecule has 0 amide bonds. The summed E-state index contributed by atoms with van der Waals surface area (Å²) in [6.07, 6.45) is 0. The average molecular weight is 268 g/mol. The number of methoxy groups -OCH3 is 1. The van der Waals surface area contributed by atoms with E-state index in [-0.39, 0.29) is 17.1 Å². The van der Waals surface area contributed by atoms with Crippen LogP contribution in [0.3, 0.4) is 0 Å². The van der Waals surface area contributed by atoms with Crippen LogP contribution >= 0.6 is 0 Å². The Morgan fingerprint density at radius 2 is 1.63 bits per heavy atom. The van der Waals surface area contributed by atoms with E-state index in [0.717, 1.165) is 24.3 Å². The topological polar surface area (TPSA) is 47.3 Å². The fourth-order valence-electron chi connectivity index (χ4n) is 1.61. The summed E-state index contributed by atoms with van der Waals surface area (Å²) in [6.45, 7) is 0. The normalized spacial score (nSPS) is 10.3. The third-order valence-corrected chi connectivity index (χ3v) is 2.47. The summed E-state index contributed by atoms with van der Waals surface area (Å²) >= 11 is 0. The molecule has 0 atom stereocenters. The molecule has 0 bridgehead atoms. The van der Waals surface area contributed by atoms with Crippen molar-refractivity contribution in [2.75, 3.05) is 18.2 Å². The van der Waals surface area contributed by atoms with E-state index in [9.17, 15) is 13.2 Å². The fourth-order valence-corrected chi connectivity index (χ4v) is 1.61. The highest BCUT2D eigenvalue weighted by molar-refractivity contribution is 5.74. The molecule has 2 aromatic carbocycles. The van der Waals surface area contributed by atoms with Crippen molar-refractivity contribution in [3.63, 3.8) is 0 Å². The minimum atomic E-state index is -0.727. The monoisotopic (exact) mass is 268 g/mol. The number of anilines is 3. The van der Waals surface area contributed by atoms with Crippen LogP contribution in [-0.2, 0) is 0 Å². The van der Waals surface area contributed by atoms with Crippen LogP contribution in [-0.4, -0.2) is 7.11 Å². The molecule has 0 radical (unpaired) electrons. The molecule has 2 aromatic rings. The highest BCUT2D eigenvalue weighted by atomic mass is 19.1. The van der Waals surface area contributed by atoms with Gasteiger partial charge in [-0.25, -0.2) is 13.2 Å². The Bertz CT molecular complexity index is 597. The molecule has 3 nitrogen and oxygen atoms in total. The van der Waals surface area contributed by atoms with Crippen molar-refractivity contribution in [2.24, 2.45) is 0 Å². The Labute approximate surface area is 107 Å². The van der Waals surface area contributed by atoms with Crippen molar-refractivity contribution >= 4 is 17.1 Å². The molecule has 0 saturated heterocycles. The second-order valence-electron chi connectivity index (χ2n) is 3.86. The predicted octanol–water partition coefficient (Wildman–Crippen LogP) is 3.44. The first-order valence-electron chi connectivity index (χ1n) is 5.35. The molecule has 0 fully saturated rings. The number of hydrogen-bond acceptors (Lipinski definition) is 3. The van der Waals surface area contributed by atoms with Crippen molar-refractivity contribution in [3.05, 3.63) is 47.8 Å². The lowest BCUT2D eigenvalue weighted by Crippen LogP contribution is -2.00. The first kappa shape index (κ1) is 13.1. The van der Waals surface area contributed by atoms with Crippen molar-refractivity contribution in [1.29, 1.82) is 0 Å². The lowest BCUT2D eigenvalue weighted by atomic mass is 10.2. The Morgan fingerprint density at radius 1 is 1.00 bits per heavy atom. The molecule has 0 aromatic heterocycles. The highest BCUT2D eigenvalue weighted by Gasteiger charge is 2.09. The summed E-state index contributed by atoms with van der Waals surface area (Å²) in [7, 11) is 1.31. The van der Waals surface area contributed by atoms with Crippen LogP contribution in [0.2, 0.25) is 0 Å². The van der Waals surface area contributed by atoms with E-state index in [0.29, 0.717) is 5.69 Å². The summed E-state index contributed by atoms with van der Waals surface area (Å²) < 4.78 is 44.2. The van der Waals surface area contributed by atoms with Gasteiger partial charge in [-0.15, -0.1) is 0 Å². The average Bonchev–Trinajstić information content (AvgIpc) is 2.31. The van der Waals surface area contributed by atoms with E-state index >= 15 is 0 Å². The number of rotatable bonds is 3. The quantitative estimate of drug-likeness (QED) is 0.838. The largest absolute Gasteiger partial charge is 0.494 e. The number of benzene rings is 2. The lowest BCUT2D eigenvalue weighted by Gasteiger charge is -2.12. The standard InChI is InChI=1S/C13H11F3N2O/c1-19-13-6-12(11(17)5-10(13)16)18-9-3-7(14)2-8(15)4-9/h2-6,18H,17H2,1H3. The van der Waals surface area contributed by atoms with Gasteiger partial charge in [0.1, 0.15) is 11.6 Å². The van der Waals surface area contributed by atoms with E-state index in [1.807, 2.05) is 0 Å². The van der Waals surface area contributed by atoms with Gasteiger partial charge in [0.15, 0.2) is 11.6 Å². The van der Waals surface area contributed by atoms with Gasteiger partial charge < -0.3 is 15.8 Å². The van der Waals surface area contributed by atoms with Crippen LogP contribution in [0.15, 0.2) is 30.3 Å². The molecule has 0 spiro atoms. The number of ether oxygens (including phenoxy) is 1. The summed E-state index contributed by atoms with van der Waals surface area (Å²) in [6, 6.07) is 5.32. The van der Waals surface area contributed by atoms with Crippen LogP contribution in [0.4, 0.5) is 30.2 Å². The van der Waals surface area contributed by atoms with E-state index in [1.165, 1.54) is 13.2 Å². The zero-order chi connectivity index (χ0) is 14.0. The Hall–Kier alpha value is -2.37. The summed E-state index contributed by atoms with van der Waals surface area (Å²) in [4.78, 5) is 0. The van der Waals surface area contributed by atoms with Gasteiger partial charge >= 0.3 is 0 Å². The van der Waals surface area contributed by atoms with Gasteiger partial charge in [-0.05, 0) is 12.1 Å². The molecule has 0 saturated carbocycles. The molecule has 0 unspecified atom stereocenters. The zero-order valence-electron chi connectivity index (χ0n) is 10.0. The van der Waals surface area contributed by atoms with Gasteiger partial charge in [-0.3, -0.25) is 0 Å². The minimum Gasteiger partial charge on any atom is -0.494 e. The van der Waals surface area contributed by atoms with Gasteiger partial charge in [0.2, 0.25) is 0 Å². The molecule has 19 heavy (non-hydrogen) atoms. The van der Waals surface area contributed by atoms with Gasteiger partial charge in [-0.1, -0.05) is 0 Å². The van der Waals surface area contributed by atoms with Crippen molar-refractivity contribution < 1.29 is 17.9 Å². The number of halogens is 3. The number of nitrogens with two attached hydrogens (primary N) is 1. The third kappa shape index (κ3) is 2.90. The molecular weight excluding hydrogens is 257 g/mol. The molecule has 6 heteroatoms. The SMILES string of the molecule is COc1cc(Nc2cc(F)cc(F)c2)c(N)cc1F. The maximum atomic E-state index is 13.3. The maximum absolute atomic E-state index is 13.3. The van der Waals surface area contributed by atoms with E-state index in [1.54, 1.807) is 0 Å². The van der Waals surface area contributed by atoms with Crippen molar-refractivity contribution in [1.82, 2.24) is 0 Å². The number of hydrogen-bond donors (Lipinski definition) is 2. The molecule has 0 aliphatic carbocycles. The predicted molar refractivity (Wildman–Crippen MR) is 67.0 cm³/mol. The Morgan fingerprint density at radius 3 is 2.21 bits per heavy atom. The lowest BCUT2D eigenvalue weighted by molar-refractivity contribution is 0.387. The second-order valence-corrected chi connectivity index (χ2v) is 3.86. The van der Waals surface area contributed by atoms with Crippen molar-refractivity contribution in [2.45, 2.75) is 0 Å². The maximum Gasteiger partial charge on any atom is 0.167 e. The minimum absolute atomic E-state index is 0.0198. The van der Waals surface area contributed by atoms with Crippen LogP contribution < -0.4 is 15.8 Å². The summed E-state index contributed by atoms with van der Waals surface area (Å²) in [5.74, 6) is -2.09. The summed E-state index contributed by atoms with van der Waals surface area (Å²) in [5, 5.41) is 2.70. The fraction of sp³-hybridized carbons (Fsp3) is 0.0769. The molecule has 3 N–H and O–H groups in total. The van der Waals surface area contributed by atoms with Crippen LogP contribution in [0, 0.1) is 17.5 Å². The third-order valence-electron chi connectivity index (χ3n) is 2.47. The first-order chi connectivity index (χ1) is 8.99. The Kier molecular flexibility index (Phi) is 3.50. The van der Waals surface area contributed by atoms with E-state index in [2.05, 4.69) is 5.32 Å². The molecule has 0 heterocycles. The highest BCUT2D eigenvalue weighted by Crippen LogP contribution is 2.30. The Balaban J connectivity index is 2.37. The first-order valence-corrected chi connectivity index (χ1v) is 5.35. The van der Waals surface area contributed by atoms with Crippen molar-refractivity contribution in [3.8, 4) is 5.75 Å². The van der Waals surface area contributed by atoms with E-state index in [4.69, 9.17) is 10.5 Å². The van der Waals surface area contributed by atoms with Gasteiger partial charge in [0, 0.05) is 23.9 Å². The van der Waals surface area contributed by atoms with Crippen LogP contribution in [0.5, 0.6) is 5.75 Å². The van der Waals surface area contributed by atoms with Gasteiger partial charge in [0.05, 0.1) is 18.5 Å². The molecule has 0 aliphatic heterocycles. The molecular formula is C13H11F3N2O. The zero-order valence-corrected chi connectivity index (χ0v) is 10.0. The van der Waals surface area contributed by atoms with Gasteiger partial charge in [-0.2, -0.15) is 0 Å². The number of nitrogens with one attached hydrogen (secondary N) is 1. The molecule has 2 rings (SSSR count). The van der Waals surface area contributed by atoms with Crippen LogP contribution in [0.1, 0.15) is 0 Å². The van der Waals surface area contributed by atoms with Crippen LogP contribution in [0.25, 0.3) is 0 Å². The summed E-state index contributed by atoms with van der Waals surface area (Å²) in [5.41, 5.74) is 6.18. The molecule has 100 valence electrons. The number of nitrogen functional groups attached to an aromatic ring is 1. The second kappa shape index (κ2) is 5.09.